The van der Waals surface area contributed by atoms with Gasteiger partial charge in [0, 0.05) is 49.2 Å². The van der Waals surface area contributed by atoms with Crippen molar-refractivity contribution in [2.75, 3.05) is 11.4 Å². The van der Waals surface area contributed by atoms with Crippen molar-refractivity contribution < 1.29 is 4.79 Å². The molecule has 33 heavy (non-hydrogen) atoms. The fourth-order valence-electron chi connectivity index (χ4n) is 4.34. The quantitative estimate of drug-likeness (QED) is 0.513. The standard InChI is InChI=1S/C24H28Cl2N6O/c1-3-19-16(2)29-24(31-11-9-27-15-31)30-23(19)32-10-5-4-6-18(32)13-22(33)28-14-17-7-8-20(25)21(26)12-17/h7-9,11-12,15,18H,3-6,10,13-14H2,1-2H3,(H,28,33). The van der Waals surface area contributed by atoms with E-state index < -0.39 is 0 Å². The van der Waals surface area contributed by atoms with Gasteiger partial charge in [-0.3, -0.25) is 9.36 Å². The van der Waals surface area contributed by atoms with Crippen molar-refractivity contribution in [2.45, 2.75) is 58.5 Å². The number of amides is 1. The summed E-state index contributed by atoms with van der Waals surface area (Å²) in [7, 11) is 0. The van der Waals surface area contributed by atoms with Crippen LogP contribution in [-0.4, -0.2) is 38.0 Å². The fraction of sp³-hybridized carbons (Fsp3) is 0.417. The zero-order valence-corrected chi connectivity index (χ0v) is 20.4. The molecular weight excluding hydrogens is 459 g/mol. The van der Waals surface area contributed by atoms with Crippen LogP contribution in [0.5, 0.6) is 0 Å². The number of rotatable bonds is 7. The first-order valence-corrected chi connectivity index (χ1v) is 12.0. The van der Waals surface area contributed by atoms with Crippen LogP contribution in [0.15, 0.2) is 36.9 Å². The molecule has 1 aliphatic rings. The number of piperidine rings is 1. The second-order valence-electron chi connectivity index (χ2n) is 8.31. The third-order valence-corrected chi connectivity index (χ3v) is 6.80. The van der Waals surface area contributed by atoms with Gasteiger partial charge in [-0.1, -0.05) is 36.2 Å². The summed E-state index contributed by atoms with van der Waals surface area (Å²) in [5.74, 6) is 1.54. The van der Waals surface area contributed by atoms with Crippen LogP contribution in [0, 0.1) is 6.92 Å². The molecule has 0 aliphatic carbocycles. The van der Waals surface area contributed by atoms with Gasteiger partial charge in [-0.2, -0.15) is 4.98 Å². The molecule has 4 rings (SSSR count). The fourth-order valence-corrected chi connectivity index (χ4v) is 4.66. The minimum atomic E-state index is 0.0108. The molecule has 0 radical (unpaired) electrons. The summed E-state index contributed by atoms with van der Waals surface area (Å²) in [6.07, 6.45) is 9.63. The van der Waals surface area contributed by atoms with Gasteiger partial charge in [0.15, 0.2) is 0 Å². The average Bonchev–Trinajstić information content (AvgIpc) is 3.35. The summed E-state index contributed by atoms with van der Waals surface area (Å²) in [5, 5.41) is 4.02. The van der Waals surface area contributed by atoms with Crippen molar-refractivity contribution in [3.05, 3.63) is 63.8 Å². The molecule has 2 aromatic heterocycles. The predicted octanol–water partition coefficient (Wildman–Crippen LogP) is 4.91. The molecule has 3 heterocycles. The maximum atomic E-state index is 12.8. The predicted molar refractivity (Wildman–Crippen MR) is 131 cm³/mol. The van der Waals surface area contributed by atoms with E-state index in [-0.39, 0.29) is 11.9 Å². The van der Waals surface area contributed by atoms with Crippen LogP contribution in [0.25, 0.3) is 5.95 Å². The number of hydrogen-bond acceptors (Lipinski definition) is 5. The van der Waals surface area contributed by atoms with E-state index >= 15 is 0 Å². The zero-order chi connectivity index (χ0) is 23.4. The lowest BCUT2D eigenvalue weighted by Gasteiger charge is -2.37. The van der Waals surface area contributed by atoms with Crippen molar-refractivity contribution in [3.63, 3.8) is 0 Å². The molecule has 0 bridgehead atoms. The molecule has 9 heteroatoms. The highest BCUT2D eigenvalue weighted by Crippen LogP contribution is 2.30. The molecule has 3 aromatic rings. The molecular formula is C24H28Cl2N6O. The Hall–Kier alpha value is -2.64. The van der Waals surface area contributed by atoms with Crippen LogP contribution in [-0.2, 0) is 17.8 Å². The van der Waals surface area contributed by atoms with Crippen molar-refractivity contribution in [2.24, 2.45) is 0 Å². The van der Waals surface area contributed by atoms with Crippen LogP contribution in [0.2, 0.25) is 10.0 Å². The van der Waals surface area contributed by atoms with E-state index in [9.17, 15) is 4.79 Å². The van der Waals surface area contributed by atoms with Gasteiger partial charge in [-0.15, -0.1) is 0 Å². The van der Waals surface area contributed by atoms with Gasteiger partial charge >= 0.3 is 0 Å². The molecule has 1 unspecified atom stereocenters. The first-order chi connectivity index (χ1) is 16.0. The Balaban J connectivity index is 1.52. The molecule has 1 N–H and O–H groups in total. The highest BCUT2D eigenvalue weighted by Gasteiger charge is 2.28. The Morgan fingerprint density at radius 2 is 2.06 bits per heavy atom. The van der Waals surface area contributed by atoms with Crippen molar-refractivity contribution in [1.29, 1.82) is 0 Å². The maximum Gasteiger partial charge on any atom is 0.237 e. The van der Waals surface area contributed by atoms with Crippen LogP contribution in [0.3, 0.4) is 0 Å². The van der Waals surface area contributed by atoms with Gasteiger partial charge in [0.25, 0.3) is 0 Å². The first kappa shape index (κ1) is 23.5. The van der Waals surface area contributed by atoms with Crippen LogP contribution in [0.1, 0.15) is 49.4 Å². The number of anilines is 1. The number of nitrogens with zero attached hydrogens (tertiary/aromatic N) is 5. The third kappa shape index (κ3) is 5.47. The lowest BCUT2D eigenvalue weighted by atomic mass is 9.97. The minimum Gasteiger partial charge on any atom is -0.353 e. The highest BCUT2D eigenvalue weighted by atomic mass is 35.5. The summed E-state index contributed by atoms with van der Waals surface area (Å²) in [4.78, 5) is 28.9. The Labute approximate surface area is 204 Å². The second kappa shape index (κ2) is 10.5. The molecule has 1 saturated heterocycles. The largest absolute Gasteiger partial charge is 0.353 e. The van der Waals surface area contributed by atoms with Gasteiger partial charge in [0.2, 0.25) is 11.9 Å². The number of aromatic nitrogens is 4. The Kier molecular flexibility index (Phi) is 7.50. The van der Waals surface area contributed by atoms with Crippen LogP contribution >= 0.6 is 23.2 Å². The monoisotopic (exact) mass is 486 g/mol. The van der Waals surface area contributed by atoms with E-state index in [1.807, 2.05) is 23.8 Å². The van der Waals surface area contributed by atoms with Gasteiger partial charge in [0.1, 0.15) is 12.1 Å². The number of carbonyl (C=O) groups is 1. The summed E-state index contributed by atoms with van der Waals surface area (Å²) in [6.45, 7) is 5.43. The maximum absolute atomic E-state index is 12.8. The van der Waals surface area contributed by atoms with Crippen LogP contribution in [0.4, 0.5) is 5.82 Å². The Morgan fingerprint density at radius 3 is 2.79 bits per heavy atom. The van der Waals surface area contributed by atoms with Gasteiger partial charge < -0.3 is 10.2 Å². The van der Waals surface area contributed by atoms with E-state index in [1.54, 1.807) is 24.7 Å². The third-order valence-electron chi connectivity index (χ3n) is 6.06. The van der Waals surface area contributed by atoms with Crippen molar-refractivity contribution >= 4 is 34.9 Å². The molecule has 0 saturated carbocycles. The van der Waals surface area contributed by atoms with E-state index in [2.05, 4.69) is 27.1 Å². The van der Waals surface area contributed by atoms with Gasteiger partial charge in [-0.05, 0) is 50.3 Å². The van der Waals surface area contributed by atoms with Crippen molar-refractivity contribution in [1.82, 2.24) is 24.8 Å². The summed E-state index contributed by atoms with van der Waals surface area (Å²) in [5.41, 5.74) is 3.00. The SMILES string of the molecule is CCc1c(C)nc(-n2ccnc2)nc1N1CCCCC1CC(=O)NCc1ccc(Cl)c(Cl)c1. The van der Waals surface area contributed by atoms with Gasteiger partial charge in [0.05, 0.1) is 10.0 Å². The number of halogens is 2. The molecule has 1 aliphatic heterocycles. The molecule has 1 atom stereocenters. The highest BCUT2D eigenvalue weighted by molar-refractivity contribution is 6.42. The Bertz CT molecular complexity index is 1120. The minimum absolute atomic E-state index is 0.0108. The lowest BCUT2D eigenvalue weighted by Crippen LogP contribution is -2.44. The average molecular weight is 487 g/mol. The number of aryl methyl sites for hydroxylation is 1. The van der Waals surface area contributed by atoms with Crippen LogP contribution < -0.4 is 10.2 Å². The topological polar surface area (TPSA) is 75.9 Å². The second-order valence-corrected chi connectivity index (χ2v) is 9.12. The number of carbonyl (C=O) groups excluding carboxylic acids is 1. The summed E-state index contributed by atoms with van der Waals surface area (Å²) in [6, 6.07) is 5.49. The Morgan fingerprint density at radius 1 is 1.21 bits per heavy atom. The molecule has 1 fully saturated rings. The van der Waals surface area contributed by atoms with E-state index in [0.29, 0.717) is 29.0 Å². The van der Waals surface area contributed by atoms with E-state index in [0.717, 1.165) is 54.9 Å². The molecule has 0 spiro atoms. The summed E-state index contributed by atoms with van der Waals surface area (Å²) >= 11 is 12.1. The zero-order valence-electron chi connectivity index (χ0n) is 18.9. The number of benzene rings is 1. The molecule has 7 nitrogen and oxygen atoms in total. The molecule has 1 amide bonds. The first-order valence-electron chi connectivity index (χ1n) is 11.3. The van der Waals surface area contributed by atoms with Gasteiger partial charge in [-0.25, -0.2) is 9.97 Å². The molecule has 1 aromatic carbocycles. The summed E-state index contributed by atoms with van der Waals surface area (Å²) < 4.78 is 1.82. The number of hydrogen-bond donors (Lipinski definition) is 1. The lowest BCUT2D eigenvalue weighted by molar-refractivity contribution is -0.121. The van der Waals surface area contributed by atoms with E-state index in [4.69, 9.17) is 28.2 Å². The molecule has 174 valence electrons. The smallest absolute Gasteiger partial charge is 0.237 e. The van der Waals surface area contributed by atoms with E-state index in [1.165, 1.54) is 0 Å². The number of nitrogens with one attached hydrogen (secondary N) is 1. The number of imidazole rings is 1. The normalized spacial score (nSPS) is 16.1. The van der Waals surface area contributed by atoms with Crippen molar-refractivity contribution in [3.8, 4) is 5.95 Å².